The van der Waals surface area contributed by atoms with Gasteiger partial charge in [0, 0.05) is 25.8 Å². The lowest BCUT2D eigenvalue weighted by atomic mass is 10.2. The van der Waals surface area contributed by atoms with E-state index in [0.29, 0.717) is 6.04 Å². The number of nitrogens with zero attached hydrogens (tertiary/aromatic N) is 2. The highest BCUT2D eigenvalue weighted by molar-refractivity contribution is 7.98. The molecule has 1 aromatic heterocycles. The van der Waals surface area contributed by atoms with Crippen molar-refractivity contribution in [2.24, 2.45) is 0 Å². The lowest BCUT2D eigenvalue weighted by molar-refractivity contribution is 0.661. The number of aromatic nitrogens is 1. The second-order valence-electron chi connectivity index (χ2n) is 4.67. The van der Waals surface area contributed by atoms with Crippen LogP contribution in [0.2, 0.25) is 5.02 Å². The van der Waals surface area contributed by atoms with Gasteiger partial charge in [0.05, 0.1) is 5.02 Å². The standard InChI is InChI=1S/C14H24ClN3S/c1-5-16-9-12-8-13(15)14(17-10-12)18(3)11(2)6-7-19-4/h8,10-11,16H,5-7,9H2,1-4H3. The molecule has 0 fully saturated rings. The maximum Gasteiger partial charge on any atom is 0.147 e. The van der Waals surface area contributed by atoms with Gasteiger partial charge in [-0.15, -0.1) is 0 Å². The van der Waals surface area contributed by atoms with Crippen LogP contribution in [0.4, 0.5) is 5.82 Å². The van der Waals surface area contributed by atoms with Gasteiger partial charge in [0.2, 0.25) is 0 Å². The van der Waals surface area contributed by atoms with Crippen molar-refractivity contribution < 1.29 is 0 Å². The zero-order chi connectivity index (χ0) is 14.3. The molecule has 0 aliphatic carbocycles. The first kappa shape index (κ1) is 16.6. The Kier molecular flexibility index (Phi) is 7.57. The summed E-state index contributed by atoms with van der Waals surface area (Å²) in [5, 5.41) is 4.01. The molecule has 0 aromatic carbocycles. The maximum absolute atomic E-state index is 6.34. The summed E-state index contributed by atoms with van der Waals surface area (Å²) in [6, 6.07) is 2.45. The van der Waals surface area contributed by atoms with E-state index in [1.165, 1.54) is 0 Å². The second-order valence-corrected chi connectivity index (χ2v) is 6.06. The van der Waals surface area contributed by atoms with Crippen LogP contribution in [0, 0.1) is 0 Å². The van der Waals surface area contributed by atoms with Gasteiger partial charge in [0.25, 0.3) is 0 Å². The number of nitrogens with one attached hydrogen (secondary N) is 1. The number of thioether (sulfide) groups is 1. The van der Waals surface area contributed by atoms with E-state index in [1.54, 1.807) is 0 Å². The minimum absolute atomic E-state index is 0.442. The van der Waals surface area contributed by atoms with Gasteiger partial charge in [0.15, 0.2) is 0 Å². The SMILES string of the molecule is CCNCc1cnc(N(C)C(C)CCSC)c(Cl)c1. The van der Waals surface area contributed by atoms with Crippen LogP contribution in [0.1, 0.15) is 25.8 Å². The molecule has 1 rings (SSSR count). The molecule has 108 valence electrons. The number of pyridine rings is 1. The number of rotatable bonds is 8. The number of halogens is 1. The fraction of sp³-hybridized carbons (Fsp3) is 0.643. The first-order chi connectivity index (χ1) is 9.10. The van der Waals surface area contributed by atoms with Gasteiger partial charge < -0.3 is 10.2 Å². The Hall–Kier alpha value is -0.450. The van der Waals surface area contributed by atoms with Crippen molar-refractivity contribution in [3.05, 3.63) is 22.8 Å². The molecule has 0 aliphatic heterocycles. The molecular weight excluding hydrogens is 278 g/mol. The van der Waals surface area contributed by atoms with E-state index in [0.717, 1.165) is 41.7 Å². The fourth-order valence-electron chi connectivity index (χ4n) is 1.79. The van der Waals surface area contributed by atoms with Crippen LogP contribution >= 0.6 is 23.4 Å². The van der Waals surface area contributed by atoms with Gasteiger partial charge in [-0.2, -0.15) is 11.8 Å². The average molecular weight is 302 g/mol. The van der Waals surface area contributed by atoms with Crippen molar-refractivity contribution in [1.82, 2.24) is 10.3 Å². The number of hydrogen-bond acceptors (Lipinski definition) is 4. The topological polar surface area (TPSA) is 28.2 Å². The minimum Gasteiger partial charge on any atom is -0.356 e. The van der Waals surface area contributed by atoms with Gasteiger partial charge in [-0.05, 0) is 43.5 Å². The normalized spacial score (nSPS) is 12.5. The van der Waals surface area contributed by atoms with E-state index >= 15 is 0 Å². The van der Waals surface area contributed by atoms with Crippen molar-refractivity contribution in [2.75, 3.05) is 30.5 Å². The Morgan fingerprint density at radius 2 is 2.26 bits per heavy atom. The van der Waals surface area contributed by atoms with Crippen LogP contribution in [0.15, 0.2) is 12.3 Å². The van der Waals surface area contributed by atoms with E-state index in [-0.39, 0.29) is 0 Å². The van der Waals surface area contributed by atoms with Crippen molar-refractivity contribution in [1.29, 1.82) is 0 Å². The summed E-state index contributed by atoms with van der Waals surface area (Å²) in [5.74, 6) is 2.03. The Labute approximate surface area is 126 Å². The molecule has 0 saturated carbocycles. The van der Waals surface area contributed by atoms with E-state index in [9.17, 15) is 0 Å². The van der Waals surface area contributed by atoms with Gasteiger partial charge in [0.1, 0.15) is 5.82 Å². The van der Waals surface area contributed by atoms with Crippen molar-refractivity contribution in [2.45, 2.75) is 32.9 Å². The predicted molar refractivity (Wildman–Crippen MR) is 87.5 cm³/mol. The third-order valence-corrected chi connectivity index (χ3v) is 4.11. The van der Waals surface area contributed by atoms with E-state index in [2.05, 4.69) is 42.4 Å². The maximum atomic E-state index is 6.34. The first-order valence-electron chi connectivity index (χ1n) is 6.67. The van der Waals surface area contributed by atoms with Crippen LogP contribution in [0.25, 0.3) is 0 Å². The van der Waals surface area contributed by atoms with E-state index in [4.69, 9.17) is 11.6 Å². The smallest absolute Gasteiger partial charge is 0.147 e. The third kappa shape index (κ3) is 5.21. The van der Waals surface area contributed by atoms with Crippen LogP contribution in [0.5, 0.6) is 0 Å². The molecule has 0 saturated heterocycles. The highest BCUT2D eigenvalue weighted by Crippen LogP contribution is 2.25. The van der Waals surface area contributed by atoms with Gasteiger partial charge in [-0.25, -0.2) is 4.98 Å². The average Bonchev–Trinajstić information content (AvgIpc) is 2.41. The van der Waals surface area contributed by atoms with Crippen molar-refractivity contribution in [3.63, 3.8) is 0 Å². The Balaban J connectivity index is 2.72. The molecule has 1 aromatic rings. The lowest BCUT2D eigenvalue weighted by Gasteiger charge is -2.26. The van der Waals surface area contributed by atoms with E-state index < -0.39 is 0 Å². The van der Waals surface area contributed by atoms with Gasteiger partial charge >= 0.3 is 0 Å². The molecule has 1 atom stereocenters. The van der Waals surface area contributed by atoms with Crippen LogP contribution in [0.3, 0.4) is 0 Å². The molecule has 0 radical (unpaired) electrons. The molecule has 5 heteroatoms. The zero-order valence-electron chi connectivity index (χ0n) is 12.2. The molecule has 0 aliphatic rings. The number of hydrogen-bond donors (Lipinski definition) is 1. The summed E-state index contributed by atoms with van der Waals surface area (Å²) >= 11 is 8.21. The molecule has 1 N–H and O–H groups in total. The molecule has 0 amide bonds. The fourth-order valence-corrected chi connectivity index (χ4v) is 2.69. The molecule has 0 bridgehead atoms. The van der Waals surface area contributed by atoms with Crippen molar-refractivity contribution in [3.8, 4) is 0 Å². The summed E-state index contributed by atoms with van der Waals surface area (Å²) in [5.41, 5.74) is 1.13. The molecule has 19 heavy (non-hydrogen) atoms. The highest BCUT2D eigenvalue weighted by Gasteiger charge is 2.14. The Bertz CT molecular complexity index is 387. The monoisotopic (exact) mass is 301 g/mol. The van der Waals surface area contributed by atoms with E-state index in [1.807, 2.05) is 24.0 Å². The molecule has 0 spiro atoms. The minimum atomic E-state index is 0.442. The quantitative estimate of drug-likeness (QED) is 0.796. The zero-order valence-corrected chi connectivity index (χ0v) is 13.8. The lowest BCUT2D eigenvalue weighted by Crippen LogP contribution is -2.30. The van der Waals surface area contributed by atoms with Crippen molar-refractivity contribution >= 4 is 29.2 Å². The van der Waals surface area contributed by atoms with Crippen LogP contribution in [-0.4, -0.2) is 36.6 Å². The number of anilines is 1. The Morgan fingerprint density at radius 1 is 1.53 bits per heavy atom. The summed E-state index contributed by atoms with van der Waals surface area (Å²) in [6.07, 6.45) is 5.17. The summed E-state index contributed by atoms with van der Waals surface area (Å²) < 4.78 is 0. The third-order valence-electron chi connectivity index (χ3n) is 3.19. The molecule has 3 nitrogen and oxygen atoms in total. The van der Waals surface area contributed by atoms with Gasteiger partial charge in [-0.1, -0.05) is 18.5 Å². The second kappa shape index (κ2) is 8.67. The summed E-state index contributed by atoms with van der Waals surface area (Å²) in [6.45, 7) is 6.06. The predicted octanol–water partition coefficient (Wildman–Crippen LogP) is 3.42. The van der Waals surface area contributed by atoms with Crippen LogP contribution in [-0.2, 0) is 6.54 Å². The largest absolute Gasteiger partial charge is 0.356 e. The summed E-state index contributed by atoms with van der Waals surface area (Å²) in [4.78, 5) is 6.67. The summed E-state index contributed by atoms with van der Waals surface area (Å²) in [7, 11) is 2.06. The first-order valence-corrected chi connectivity index (χ1v) is 8.44. The molecular formula is C14H24ClN3S. The molecule has 1 heterocycles. The highest BCUT2D eigenvalue weighted by atomic mass is 35.5. The Morgan fingerprint density at radius 3 is 2.84 bits per heavy atom. The van der Waals surface area contributed by atoms with Gasteiger partial charge in [-0.3, -0.25) is 0 Å². The van der Waals surface area contributed by atoms with Crippen LogP contribution < -0.4 is 10.2 Å². The molecule has 1 unspecified atom stereocenters.